The zero-order valence-electron chi connectivity index (χ0n) is 11.9. The van der Waals surface area contributed by atoms with Gasteiger partial charge in [-0.25, -0.2) is 0 Å². The first-order chi connectivity index (χ1) is 10.8. The molecule has 0 radical (unpaired) electrons. The van der Waals surface area contributed by atoms with Crippen molar-refractivity contribution in [2.75, 3.05) is 0 Å². The monoisotopic (exact) mass is 345 g/mol. The Kier molecular flexibility index (Phi) is 4.84. The molecule has 1 atom stereocenters. The van der Waals surface area contributed by atoms with Crippen molar-refractivity contribution in [2.45, 2.75) is 5.66 Å². The maximum Gasteiger partial charge on any atom is 0.189 e. The van der Waals surface area contributed by atoms with Crippen molar-refractivity contribution in [3.8, 4) is 0 Å². The summed E-state index contributed by atoms with van der Waals surface area (Å²) in [6.07, 6.45) is 8.26. The number of halogens is 2. The van der Waals surface area contributed by atoms with E-state index in [0.29, 0.717) is 0 Å². The molecule has 0 amide bonds. The third-order valence-corrected chi connectivity index (χ3v) is 9.20. The standard InChI is InChI=1S/C19H16Cl2P/c20-15-16-9-7-8-14-19(16)22(21,17-10-3-1-4-11-17)18-12-5-2-6-13-18/h1-15,19H/q+1. The van der Waals surface area contributed by atoms with E-state index < -0.39 is 6.62 Å². The molecule has 1 aliphatic rings. The fourth-order valence-electron chi connectivity index (χ4n) is 2.73. The van der Waals surface area contributed by atoms with Crippen molar-refractivity contribution >= 4 is 40.1 Å². The van der Waals surface area contributed by atoms with E-state index in [2.05, 4.69) is 36.4 Å². The molecule has 2 aromatic rings. The quantitative estimate of drug-likeness (QED) is 0.651. The molecule has 0 aromatic heterocycles. The van der Waals surface area contributed by atoms with Gasteiger partial charge in [-0.15, -0.1) is 0 Å². The summed E-state index contributed by atoms with van der Waals surface area (Å²) in [6.45, 7) is -2.14. The second-order valence-corrected chi connectivity index (χ2v) is 9.79. The van der Waals surface area contributed by atoms with E-state index in [1.165, 1.54) is 10.6 Å². The minimum absolute atomic E-state index is 0.0847. The third kappa shape index (κ3) is 2.79. The van der Waals surface area contributed by atoms with Crippen LogP contribution in [0.3, 0.4) is 0 Å². The summed E-state index contributed by atoms with van der Waals surface area (Å²) < 4.78 is 0. The Bertz CT molecular complexity index is 678. The lowest BCUT2D eigenvalue weighted by atomic mass is 10.1. The first-order valence-electron chi connectivity index (χ1n) is 7.11. The van der Waals surface area contributed by atoms with Crippen LogP contribution in [0.1, 0.15) is 0 Å². The molecule has 1 aliphatic carbocycles. The number of hydrogen-bond donors (Lipinski definition) is 0. The lowest BCUT2D eigenvalue weighted by Gasteiger charge is -2.27. The van der Waals surface area contributed by atoms with Crippen LogP contribution in [0.15, 0.2) is 96.1 Å². The van der Waals surface area contributed by atoms with Gasteiger partial charge in [0.2, 0.25) is 0 Å². The van der Waals surface area contributed by atoms with Crippen LogP contribution in [0.4, 0.5) is 0 Å². The lowest BCUT2D eigenvalue weighted by Crippen LogP contribution is -2.28. The average molecular weight is 346 g/mol. The summed E-state index contributed by atoms with van der Waals surface area (Å²) in [4.78, 5) is 0. The van der Waals surface area contributed by atoms with Crippen molar-refractivity contribution < 1.29 is 0 Å². The van der Waals surface area contributed by atoms with Gasteiger partial charge < -0.3 is 0 Å². The van der Waals surface area contributed by atoms with Gasteiger partial charge in [-0.05, 0) is 30.3 Å². The minimum atomic E-state index is -2.14. The Morgan fingerprint density at radius 1 is 0.818 bits per heavy atom. The summed E-state index contributed by atoms with van der Waals surface area (Å²) in [5, 5.41) is 2.34. The number of allylic oxidation sites excluding steroid dienone is 5. The predicted molar refractivity (Wildman–Crippen MR) is 101 cm³/mol. The van der Waals surface area contributed by atoms with Crippen molar-refractivity contribution in [3.63, 3.8) is 0 Å². The van der Waals surface area contributed by atoms with E-state index >= 15 is 0 Å². The Labute approximate surface area is 141 Å². The molecule has 22 heavy (non-hydrogen) atoms. The van der Waals surface area contributed by atoms with Crippen LogP contribution >= 0.6 is 29.5 Å². The highest BCUT2D eigenvalue weighted by molar-refractivity contribution is 8.10. The maximum absolute atomic E-state index is 7.37. The molecule has 3 heteroatoms. The molecule has 110 valence electrons. The maximum atomic E-state index is 7.37. The van der Waals surface area contributed by atoms with E-state index in [4.69, 9.17) is 22.8 Å². The smallest absolute Gasteiger partial charge is 0.0925 e. The van der Waals surface area contributed by atoms with Gasteiger partial charge in [-0.2, -0.15) is 0 Å². The van der Waals surface area contributed by atoms with Crippen LogP contribution < -0.4 is 10.6 Å². The third-order valence-electron chi connectivity index (χ3n) is 3.81. The Hall–Kier alpha value is -1.33. The molecule has 3 rings (SSSR count). The van der Waals surface area contributed by atoms with Crippen molar-refractivity contribution in [1.82, 2.24) is 0 Å². The molecule has 0 saturated heterocycles. The highest BCUT2D eigenvalue weighted by Gasteiger charge is 2.50. The van der Waals surface area contributed by atoms with Crippen LogP contribution in [-0.2, 0) is 0 Å². The first-order valence-corrected chi connectivity index (χ1v) is 10.3. The van der Waals surface area contributed by atoms with Gasteiger partial charge in [0.25, 0.3) is 0 Å². The van der Waals surface area contributed by atoms with Gasteiger partial charge in [0, 0.05) is 11.1 Å². The predicted octanol–water partition coefficient (Wildman–Crippen LogP) is 5.43. The van der Waals surface area contributed by atoms with Gasteiger partial charge in [-0.3, -0.25) is 0 Å². The van der Waals surface area contributed by atoms with E-state index in [1.807, 2.05) is 48.6 Å². The van der Waals surface area contributed by atoms with Gasteiger partial charge >= 0.3 is 0 Å². The van der Waals surface area contributed by atoms with E-state index in [9.17, 15) is 0 Å². The number of hydrogen-bond acceptors (Lipinski definition) is 0. The van der Waals surface area contributed by atoms with Gasteiger partial charge in [-0.1, -0.05) is 66.2 Å². The second-order valence-electron chi connectivity index (χ2n) is 5.11. The summed E-state index contributed by atoms with van der Waals surface area (Å²) in [5.41, 5.74) is 2.79. The van der Waals surface area contributed by atoms with Crippen molar-refractivity contribution in [3.05, 3.63) is 96.1 Å². The molecule has 0 N–H and O–H groups in total. The zero-order valence-corrected chi connectivity index (χ0v) is 14.3. The van der Waals surface area contributed by atoms with Crippen LogP contribution in [0, 0.1) is 0 Å². The summed E-state index contributed by atoms with van der Waals surface area (Å²) in [7, 11) is 0. The molecule has 0 spiro atoms. The molecular formula is C19H16Cl2P+. The minimum Gasteiger partial charge on any atom is -0.0925 e. The fraction of sp³-hybridized carbons (Fsp3) is 0.0526. The van der Waals surface area contributed by atoms with Gasteiger partial charge in [0.1, 0.15) is 16.3 Å². The highest BCUT2D eigenvalue weighted by atomic mass is 35.7. The van der Waals surface area contributed by atoms with Gasteiger partial charge in [0.05, 0.1) is 11.2 Å². The Morgan fingerprint density at radius 3 is 1.86 bits per heavy atom. The summed E-state index contributed by atoms with van der Waals surface area (Å²) in [5.74, 6) is 0. The first kappa shape index (κ1) is 15.6. The summed E-state index contributed by atoms with van der Waals surface area (Å²) in [6, 6.07) is 20.7. The summed E-state index contributed by atoms with van der Waals surface area (Å²) >= 11 is 13.4. The van der Waals surface area contributed by atoms with Crippen LogP contribution in [0.2, 0.25) is 0 Å². The highest BCUT2D eigenvalue weighted by Crippen LogP contribution is 2.68. The van der Waals surface area contributed by atoms with Crippen molar-refractivity contribution in [2.24, 2.45) is 0 Å². The van der Waals surface area contributed by atoms with E-state index in [-0.39, 0.29) is 5.66 Å². The Morgan fingerprint density at radius 2 is 1.36 bits per heavy atom. The topological polar surface area (TPSA) is 0 Å². The Balaban J connectivity index is 2.20. The molecule has 0 saturated carbocycles. The molecule has 1 unspecified atom stereocenters. The van der Waals surface area contributed by atoms with E-state index in [0.717, 1.165) is 5.57 Å². The van der Waals surface area contributed by atoms with Crippen LogP contribution in [0.5, 0.6) is 0 Å². The molecule has 0 nitrogen and oxygen atoms in total. The largest absolute Gasteiger partial charge is 0.189 e. The average Bonchev–Trinajstić information content (AvgIpc) is 2.62. The SMILES string of the molecule is ClC=C1C=CC=CC1[P+](Cl)(c1ccccc1)c1ccccc1. The lowest BCUT2D eigenvalue weighted by molar-refractivity contribution is 1.27. The molecule has 0 heterocycles. The van der Waals surface area contributed by atoms with E-state index in [1.54, 1.807) is 5.54 Å². The molecule has 0 bridgehead atoms. The van der Waals surface area contributed by atoms with Crippen LogP contribution in [0.25, 0.3) is 0 Å². The molecule has 0 fully saturated rings. The number of benzene rings is 2. The molecule has 2 aromatic carbocycles. The molecular weight excluding hydrogens is 330 g/mol. The number of rotatable bonds is 3. The second kappa shape index (κ2) is 6.84. The van der Waals surface area contributed by atoms with Gasteiger partial charge in [0.15, 0.2) is 6.62 Å². The van der Waals surface area contributed by atoms with Crippen molar-refractivity contribution in [1.29, 1.82) is 0 Å². The van der Waals surface area contributed by atoms with Crippen LogP contribution in [-0.4, -0.2) is 5.66 Å². The fourth-order valence-corrected chi connectivity index (χ4v) is 7.30. The molecule has 0 aliphatic heterocycles. The zero-order chi connectivity index (χ0) is 15.4. The normalized spacial score (nSPS) is 19.5.